The monoisotopic (exact) mass is 360 g/mol. The summed E-state index contributed by atoms with van der Waals surface area (Å²) in [5, 5.41) is 0. The topological polar surface area (TPSA) is 35.5 Å². The summed E-state index contributed by atoms with van der Waals surface area (Å²) in [4.78, 5) is 13.1. The first-order valence-electron chi connectivity index (χ1n) is 8.45. The van der Waals surface area contributed by atoms with Crippen molar-refractivity contribution in [3.05, 3.63) is 41.2 Å². The summed E-state index contributed by atoms with van der Waals surface area (Å²) >= 11 is 0. The quantitative estimate of drug-likeness (QED) is 0.540. The molecule has 6 rings (SSSR count). The van der Waals surface area contributed by atoms with E-state index >= 15 is 0 Å². The molecule has 5 aliphatic rings. The lowest BCUT2D eigenvalue weighted by Gasteiger charge is -2.29. The molecular weight excluding hydrogens is 338 g/mol. The molecule has 126 valence electrons. The lowest BCUT2D eigenvalue weighted by atomic mass is 9.81. The summed E-state index contributed by atoms with van der Waals surface area (Å²) in [6, 6.07) is 7.72. The van der Waals surface area contributed by atoms with E-state index in [-0.39, 0.29) is 26.4 Å². The maximum atomic E-state index is 12.8. The highest BCUT2D eigenvalue weighted by Gasteiger charge is 3.10. The van der Waals surface area contributed by atoms with Gasteiger partial charge in [-0.25, -0.2) is 0 Å². The number of hydrogen-bond donors (Lipinski definition) is 0. The smallest absolute Gasteiger partial charge is 0.232 e. The molecular formula is C19H22O3P2. The van der Waals surface area contributed by atoms with E-state index in [9.17, 15) is 4.79 Å². The number of fused-ring (bicyclic) bond motifs is 1. The van der Waals surface area contributed by atoms with E-state index in [0.29, 0.717) is 11.5 Å². The number of carbonyl (C=O) groups excluding carboxylic acids is 1. The highest BCUT2D eigenvalue weighted by Crippen LogP contribution is 3.24. The Kier molecular flexibility index (Phi) is 2.51. The largest absolute Gasteiger partial charge is 0.467 e. The fourth-order valence-corrected chi connectivity index (χ4v) is 14.8. The van der Waals surface area contributed by atoms with Gasteiger partial charge in [0.15, 0.2) is 5.76 Å². The zero-order valence-electron chi connectivity index (χ0n) is 14.9. The van der Waals surface area contributed by atoms with Crippen LogP contribution in [0, 0.1) is 10.8 Å². The fraction of sp³-hybridized carbons (Fsp3) is 0.526. The minimum absolute atomic E-state index is 0.000585. The summed E-state index contributed by atoms with van der Waals surface area (Å²) in [6.45, 7) is 13.8. The van der Waals surface area contributed by atoms with Crippen LogP contribution in [0.4, 0.5) is 0 Å². The summed E-state index contributed by atoms with van der Waals surface area (Å²) in [7, 11) is -1.29. The highest BCUT2D eigenvalue weighted by molar-refractivity contribution is 8.05. The Morgan fingerprint density at radius 2 is 1.25 bits per heavy atom. The Balaban J connectivity index is 1.64. The van der Waals surface area contributed by atoms with Crippen LogP contribution in [0.3, 0.4) is 0 Å². The second kappa shape index (κ2) is 3.92. The third-order valence-corrected chi connectivity index (χ3v) is 15.0. The van der Waals surface area contributed by atoms with E-state index in [1.54, 1.807) is 0 Å². The minimum atomic E-state index is -0.672. The SMILES string of the molecule is CC(C)(C)C12P3OC4=C(OP1C32C(C)(C)C)c1ccccc1C4=O. The van der Waals surface area contributed by atoms with E-state index in [0.717, 1.165) is 11.1 Å². The molecule has 2 fully saturated rings. The van der Waals surface area contributed by atoms with Gasteiger partial charge in [-0.1, -0.05) is 65.8 Å². The third-order valence-electron chi connectivity index (χ3n) is 5.85. The zero-order valence-corrected chi connectivity index (χ0v) is 16.7. The first-order chi connectivity index (χ1) is 11.1. The van der Waals surface area contributed by atoms with Crippen molar-refractivity contribution in [3.8, 4) is 0 Å². The Morgan fingerprint density at radius 3 is 1.75 bits per heavy atom. The van der Waals surface area contributed by atoms with Crippen LogP contribution in [-0.2, 0) is 9.05 Å². The molecule has 24 heavy (non-hydrogen) atoms. The summed E-state index contributed by atoms with van der Waals surface area (Å²) in [6.07, 6.45) is 0. The Labute approximate surface area is 145 Å². The van der Waals surface area contributed by atoms with Crippen molar-refractivity contribution in [2.45, 2.75) is 51.3 Å². The van der Waals surface area contributed by atoms with Crippen molar-refractivity contribution in [3.63, 3.8) is 0 Å². The van der Waals surface area contributed by atoms with Crippen LogP contribution in [-0.4, -0.2) is 15.6 Å². The van der Waals surface area contributed by atoms with Gasteiger partial charge in [-0.05, 0) is 10.8 Å². The molecule has 0 aromatic heterocycles. The second-order valence-electron chi connectivity index (χ2n) is 9.15. The number of Topliss-reactive ketones (excluding diaryl/α,β-unsaturated/α-hetero) is 1. The molecule has 1 aromatic rings. The number of carbonyl (C=O) groups is 1. The fourth-order valence-electron chi connectivity index (χ4n) is 4.86. The van der Waals surface area contributed by atoms with Gasteiger partial charge in [0.05, 0.1) is 0 Å². The van der Waals surface area contributed by atoms with E-state index in [1.165, 1.54) is 0 Å². The third kappa shape index (κ3) is 1.29. The zero-order chi connectivity index (χ0) is 17.3. The van der Waals surface area contributed by atoms with Crippen LogP contribution in [0.1, 0.15) is 57.5 Å². The molecule has 0 radical (unpaired) electrons. The van der Waals surface area contributed by atoms with Crippen molar-refractivity contribution >= 4 is 27.8 Å². The molecule has 2 atom stereocenters. The number of ketones is 1. The van der Waals surface area contributed by atoms with Gasteiger partial charge in [0.25, 0.3) is 0 Å². The number of benzene rings is 1. The van der Waals surface area contributed by atoms with Gasteiger partial charge < -0.3 is 9.05 Å². The van der Waals surface area contributed by atoms with Crippen molar-refractivity contribution in [1.29, 1.82) is 0 Å². The molecule has 2 bridgehead atoms. The molecule has 0 amide bonds. The van der Waals surface area contributed by atoms with Gasteiger partial charge in [-0.2, -0.15) is 0 Å². The summed E-state index contributed by atoms with van der Waals surface area (Å²) in [5.41, 5.74) is 1.89. The predicted molar refractivity (Wildman–Crippen MR) is 98.1 cm³/mol. The minimum Gasteiger partial charge on any atom is -0.467 e. The van der Waals surface area contributed by atoms with E-state index in [4.69, 9.17) is 9.05 Å². The normalized spacial score (nSPS) is 38.5. The Morgan fingerprint density at radius 1 is 0.792 bits per heavy atom. The lowest BCUT2D eigenvalue weighted by molar-refractivity contribution is 0.0995. The molecule has 0 saturated carbocycles. The van der Waals surface area contributed by atoms with Crippen LogP contribution in [0.2, 0.25) is 0 Å². The molecule has 2 saturated heterocycles. The summed E-state index contributed by atoms with van der Waals surface area (Å²) in [5.74, 6) is 1.19. The lowest BCUT2D eigenvalue weighted by Crippen LogP contribution is -2.23. The van der Waals surface area contributed by atoms with Crippen molar-refractivity contribution < 1.29 is 13.8 Å². The molecule has 5 heteroatoms. The molecule has 0 N–H and O–H groups in total. The molecule has 1 aromatic carbocycles. The Hall–Kier alpha value is -0.910. The average Bonchev–Trinajstić information content (AvgIpc) is 3.29. The van der Waals surface area contributed by atoms with Gasteiger partial charge in [0, 0.05) is 11.1 Å². The first-order valence-corrected chi connectivity index (χ1v) is 11.0. The highest BCUT2D eigenvalue weighted by atomic mass is 31.3. The van der Waals surface area contributed by atoms with Crippen molar-refractivity contribution in [2.75, 3.05) is 0 Å². The van der Waals surface area contributed by atoms with Crippen LogP contribution >= 0.6 is 16.3 Å². The van der Waals surface area contributed by atoms with Crippen LogP contribution in [0.5, 0.6) is 0 Å². The van der Waals surface area contributed by atoms with Gasteiger partial charge in [-0.3, -0.25) is 4.79 Å². The molecule has 3 nitrogen and oxygen atoms in total. The first kappa shape index (κ1) is 15.4. The maximum Gasteiger partial charge on any atom is 0.232 e. The number of hydrogen-bond acceptors (Lipinski definition) is 3. The van der Waals surface area contributed by atoms with E-state index < -0.39 is 16.3 Å². The van der Waals surface area contributed by atoms with Gasteiger partial charge in [0.1, 0.15) is 26.1 Å². The van der Waals surface area contributed by atoms with Crippen LogP contribution in [0.15, 0.2) is 30.0 Å². The standard InChI is InChI=1S/C19H22O3P2/c1-16(2,3)18-19(17(4,5)6)23(18)21-14-12-10-8-7-9-11(12)13(20)15(14)22-24(18)19/h7-10H,1-6H3. The molecule has 4 aliphatic heterocycles. The maximum absolute atomic E-state index is 12.8. The van der Waals surface area contributed by atoms with Gasteiger partial charge >= 0.3 is 0 Å². The molecule has 0 spiro atoms. The molecule has 4 heterocycles. The predicted octanol–water partition coefficient (Wildman–Crippen LogP) is 5.90. The summed E-state index contributed by atoms with van der Waals surface area (Å²) < 4.78 is 13.1. The number of rotatable bonds is 0. The van der Waals surface area contributed by atoms with Crippen LogP contribution in [0.25, 0.3) is 5.76 Å². The molecule has 2 unspecified atom stereocenters. The van der Waals surface area contributed by atoms with Crippen molar-refractivity contribution in [1.82, 2.24) is 0 Å². The molecule has 1 aliphatic carbocycles. The van der Waals surface area contributed by atoms with E-state index in [1.807, 2.05) is 24.3 Å². The Bertz CT molecular complexity index is 817. The van der Waals surface area contributed by atoms with Gasteiger partial charge in [0.2, 0.25) is 11.5 Å². The number of allylic oxidation sites excluding steroid dienone is 1. The van der Waals surface area contributed by atoms with Crippen molar-refractivity contribution in [2.24, 2.45) is 10.8 Å². The second-order valence-corrected chi connectivity index (χ2v) is 14.1. The van der Waals surface area contributed by atoms with Gasteiger partial charge in [-0.15, -0.1) is 0 Å². The van der Waals surface area contributed by atoms with Crippen LogP contribution < -0.4 is 0 Å². The average molecular weight is 360 g/mol. The van der Waals surface area contributed by atoms with E-state index in [2.05, 4.69) is 41.5 Å².